The van der Waals surface area contributed by atoms with Gasteiger partial charge in [-0.3, -0.25) is 9.48 Å². The van der Waals surface area contributed by atoms with Crippen LogP contribution in [-0.2, 0) is 11.8 Å². The molecule has 1 saturated heterocycles. The van der Waals surface area contributed by atoms with Crippen LogP contribution in [0.2, 0.25) is 0 Å². The summed E-state index contributed by atoms with van der Waals surface area (Å²) in [5.74, 6) is -0.272. The fraction of sp³-hybridized carbons (Fsp3) is 0.474. The maximum absolute atomic E-state index is 13.0. The van der Waals surface area contributed by atoms with E-state index in [2.05, 4.69) is 10.4 Å². The third-order valence-corrected chi connectivity index (χ3v) is 5.28. The van der Waals surface area contributed by atoms with Crippen LogP contribution in [-0.4, -0.2) is 45.3 Å². The van der Waals surface area contributed by atoms with E-state index in [1.807, 2.05) is 25.6 Å². The van der Waals surface area contributed by atoms with Crippen molar-refractivity contribution in [2.24, 2.45) is 7.05 Å². The van der Waals surface area contributed by atoms with E-state index in [1.54, 1.807) is 24.1 Å². The molecule has 6 nitrogen and oxygen atoms in total. The summed E-state index contributed by atoms with van der Waals surface area (Å²) in [4.78, 5) is 14.1. The van der Waals surface area contributed by atoms with Crippen molar-refractivity contribution < 1.29 is 14.3 Å². The van der Waals surface area contributed by atoms with Crippen LogP contribution in [0, 0.1) is 19.7 Å². The molecule has 2 N–H and O–H groups in total. The molecule has 2 heterocycles. The number of likely N-dealkylation sites (N-methyl/N-ethyl adjacent to an activating group) is 1. The van der Waals surface area contributed by atoms with Crippen LogP contribution in [0.1, 0.15) is 41.1 Å². The molecule has 0 spiro atoms. The second kappa shape index (κ2) is 7.17. The summed E-state index contributed by atoms with van der Waals surface area (Å²) in [6.45, 7) is 4.23. The van der Waals surface area contributed by atoms with Gasteiger partial charge in [0.05, 0.1) is 17.8 Å². The fourth-order valence-electron chi connectivity index (χ4n) is 3.73. The number of carbonyl (C=O) groups is 1. The molecular formula is C19H25FN4O2. The predicted molar refractivity (Wildman–Crippen MR) is 96.0 cm³/mol. The molecule has 1 aliphatic rings. The van der Waals surface area contributed by atoms with Crippen LogP contribution in [0.4, 0.5) is 4.39 Å². The van der Waals surface area contributed by atoms with Crippen LogP contribution >= 0.6 is 0 Å². The first-order valence-electron chi connectivity index (χ1n) is 8.72. The number of rotatable bonds is 5. The summed E-state index contributed by atoms with van der Waals surface area (Å²) in [6.07, 6.45) is -0.404. The molecule has 1 fully saturated rings. The second-order valence-corrected chi connectivity index (χ2v) is 6.94. The standard InChI is InChI=1S/C19H25FN4O2/c1-11-18(12(2)24(4)22-11)19-15(9-17(26)23(19)3)21-10-16(25)13-5-7-14(20)8-6-13/h5-8,15-16,19,21,25H,9-10H2,1-4H3/t15-,16+,19-/m1/s1. The minimum atomic E-state index is -0.770. The number of aliphatic hydroxyl groups excluding tert-OH is 1. The summed E-state index contributed by atoms with van der Waals surface area (Å²) in [5.41, 5.74) is 3.62. The molecule has 3 rings (SSSR count). The molecule has 1 aromatic carbocycles. The lowest BCUT2D eigenvalue weighted by atomic mass is 9.98. The number of hydrogen-bond acceptors (Lipinski definition) is 4. The Bertz CT molecular complexity index is 803. The zero-order chi connectivity index (χ0) is 19.0. The first kappa shape index (κ1) is 18.5. The van der Waals surface area contributed by atoms with Gasteiger partial charge in [-0.15, -0.1) is 0 Å². The average molecular weight is 360 g/mol. The molecule has 0 aliphatic carbocycles. The number of aromatic nitrogens is 2. The monoisotopic (exact) mass is 360 g/mol. The third-order valence-electron chi connectivity index (χ3n) is 5.28. The van der Waals surface area contributed by atoms with Gasteiger partial charge >= 0.3 is 0 Å². The Balaban J connectivity index is 1.77. The topological polar surface area (TPSA) is 70.4 Å². The van der Waals surface area contributed by atoms with Crippen LogP contribution in [0.5, 0.6) is 0 Å². The van der Waals surface area contributed by atoms with Crippen molar-refractivity contribution in [2.45, 2.75) is 38.5 Å². The van der Waals surface area contributed by atoms with Crippen LogP contribution in [0.3, 0.4) is 0 Å². The molecule has 7 heteroatoms. The molecule has 1 amide bonds. The number of aliphatic hydroxyl groups is 1. The Labute approximate surface area is 152 Å². The molecule has 1 aromatic heterocycles. The van der Waals surface area contributed by atoms with Crippen molar-refractivity contribution in [3.8, 4) is 0 Å². The lowest BCUT2D eigenvalue weighted by Crippen LogP contribution is -2.37. The summed E-state index contributed by atoms with van der Waals surface area (Å²) < 4.78 is 14.9. The molecule has 2 aromatic rings. The van der Waals surface area contributed by atoms with E-state index in [4.69, 9.17) is 0 Å². The van der Waals surface area contributed by atoms with Crippen molar-refractivity contribution >= 4 is 5.91 Å². The smallest absolute Gasteiger partial charge is 0.224 e. The number of nitrogens with one attached hydrogen (secondary N) is 1. The molecule has 0 unspecified atom stereocenters. The SMILES string of the molecule is Cc1nn(C)c(C)c1[C@H]1[C@H](NC[C@H](O)c2ccc(F)cc2)CC(=O)N1C. The van der Waals surface area contributed by atoms with Gasteiger partial charge in [-0.2, -0.15) is 5.10 Å². The number of amides is 1. The summed E-state index contributed by atoms with van der Waals surface area (Å²) in [6, 6.07) is 5.55. The largest absolute Gasteiger partial charge is 0.387 e. The van der Waals surface area contributed by atoms with Gasteiger partial charge in [-0.05, 0) is 31.5 Å². The highest BCUT2D eigenvalue weighted by Crippen LogP contribution is 2.35. The number of hydrogen-bond donors (Lipinski definition) is 2. The molecule has 0 saturated carbocycles. The van der Waals surface area contributed by atoms with Gasteiger partial charge in [-0.25, -0.2) is 4.39 Å². The molecule has 1 aliphatic heterocycles. The van der Waals surface area contributed by atoms with E-state index in [1.165, 1.54) is 12.1 Å². The first-order chi connectivity index (χ1) is 12.3. The minimum Gasteiger partial charge on any atom is -0.387 e. The molecular weight excluding hydrogens is 335 g/mol. The number of aryl methyl sites for hydroxylation is 2. The van der Waals surface area contributed by atoms with Gasteiger partial charge in [0.2, 0.25) is 5.91 Å². The summed E-state index contributed by atoms with van der Waals surface area (Å²) in [5, 5.41) is 18.2. The van der Waals surface area contributed by atoms with E-state index in [9.17, 15) is 14.3 Å². The number of benzene rings is 1. The van der Waals surface area contributed by atoms with Gasteiger partial charge in [-0.1, -0.05) is 12.1 Å². The number of nitrogens with zero attached hydrogens (tertiary/aromatic N) is 3. The number of carbonyl (C=O) groups excluding carboxylic acids is 1. The van der Waals surface area contributed by atoms with E-state index >= 15 is 0 Å². The number of halogens is 1. The molecule has 3 atom stereocenters. The maximum Gasteiger partial charge on any atom is 0.224 e. The van der Waals surface area contributed by atoms with Gasteiger partial charge in [0.1, 0.15) is 5.82 Å². The Morgan fingerprint density at radius 3 is 2.54 bits per heavy atom. The molecule has 0 bridgehead atoms. The van der Waals surface area contributed by atoms with Crippen LogP contribution < -0.4 is 5.32 Å². The van der Waals surface area contributed by atoms with Gasteiger partial charge in [0.15, 0.2) is 0 Å². The van der Waals surface area contributed by atoms with Crippen molar-refractivity contribution in [3.63, 3.8) is 0 Å². The van der Waals surface area contributed by atoms with Crippen LogP contribution in [0.15, 0.2) is 24.3 Å². The molecule has 0 radical (unpaired) electrons. The Morgan fingerprint density at radius 2 is 1.96 bits per heavy atom. The normalized spacial score (nSPS) is 21.5. The van der Waals surface area contributed by atoms with E-state index in [0.29, 0.717) is 12.0 Å². The Morgan fingerprint density at radius 1 is 1.31 bits per heavy atom. The lowest BCUT2D eigenvalue weighted by molar-refractivity contribution is -0.127. The second-order valence-electron chi connectivity index (χ2n) is 6.94. The highest BCUT2D eigenvalue weighted by molar-refractivity contribution is 5.80. The maximum atomic E-state index is 13.0. The van der Waals surface area contributed by atoms with Crippen molar-refractivity contribution in [2.75, 3.05) is 13.6 Å². The zero-order valence-corrected chi connectivity index (χ0v) is 15.5. The van der Waals surface area contributed by atoms with Crippen molar-refractivity contribution in [1.29, 1.82) is 0 Å². The van der Waals surface area contributed by atoms with Crippen molar-refractivity contribution in [3.05, 3.63) is 52.6 Å². The van der Waals surface area contributed by atoms with Gasteiger partial charge < -0.3 is 15.3 Å². The summed E-state index contributed by atoms with van der Waals surface area (Å²) in [7, 11) is 3.69. The third kappa shape index (κ3) is 3.37. The van der Waals surface area contributed by atoms with E-state index in [-0.39, 0.29) is 30.4 Å². The van der Waals surface area contributed by atoms with Gasteiger partial charge in [0, 0.05) is 44.4 Å². The van der Waals surface area contributed by atoms with E-state index < -0.39 is 6.10 Å². The zero-order valence-electron chi connectivity index (χ0n) is 15.5. The summed E-state index contributed by atoms with van der Waals surface area (Å²) >= 11 is 0. The molecule has 26 heavy (non-hydrogen) atoms. The predicted octanol–water partition coefficient (Wildman–Crippen LogP) is 1.77. The van der Waals surface area contributed by atoms with Gasteiger partial charge in [0.25, 0.3) is 0 Å². The number of likely N-dealkylation sites (tertiary alicyclic amines) is 1. The minimum absolute atomic E-state index is 0.0615. The highest BCUT2D eigenvalue weighted by atomic mass is 19.1. The lowest BCUT2D eigenvalue weighted by Gasteiger charge is -2.27. The van der Waals surface area contributed by atoms with Crippen LogP contribution in [0.25, 0.3) is 0 Å². The quantitative estimate of drug-likeness (QED) is 0.853. The Kier molecular flexibility index (Phi) is 5.11. The molecule has 140 valence electrons. The first-order valence-corrected chi connectivity index (χ1v) is 8.72. The van der Waals surface area contributed by atoms with E-state index in [0.717, 1.165) is 17.0 Å². The van der Waals surface area contributed by atoms with Crippen molar-refractivity contribution in [1.82, 2.24) is 20.0 Å². The Hall–Kier alpha value is -2.25. The fourth-order valence-corrected chi connectivity index (χ4v) is 3.73. The average Bonchev–Trinajstić information content (AvgIpc) is 3.01. The highest BCUT2D eigenvalue weighted by Gasteiger charge is 2.41.